The first-order chi connectivity index (χ1) is 13.4. The van der Waals surface area contributed by atoms with E-state index in [1.807, 2.05) is 6.92 Å². The highest BCUT2D eigenvalue weighted by molar-refractivity contribution is 7.13. The molecule has 0 bridgehead atoms. The van der Waals surface area contributed by atoms with Crippen LogP contribution in [0.2, 0.25) is 0 Å². The Hall–Kier alpha value is -3.20. The van der Waals surface area contributed by atoms with Crippen molar-refractivity contribution in [2.24, 2.45) is 0 Å². The van der Waals surface area contributed by atoms with Crippen LogP contribution in [0.15, 0.2) is 39.0 Å². The van der Waals surface area contributed by atoms with Crippen LogP contribution in [0.4, 0.5) is 5.13 Å². The minimum Gasteiger partial charge on any atom is -0.484 e. The maximum atomic E-state index is 11.9. The molecule has 0 aliphatic heterocycles. The van der Waals surface area contributed by atoms with Gasteiger partial charge in [0, 0.05) is 41.6 Å². The molecule has 0 aliphatic carbocycles. The molecule has 2 N–H and O–H groups in total. The largest absolute Gasteiger partial charge is 0.484 e. The summed E-state index contributed by atoms with van der Waals surface area (Å²) in [6.45, 7) is 3.54. The zero-order valence-corrected chi connectivity index (χ0v) is 16.2. The van der Waals surface area contributed by atoms with E-state index in [-0.39, 0.29) is 31.4 Å². The smallest absolute Gasteiger partial charge is 0.339 e. The van der Waals surface area contributed by atoms with Crippen molar-refractivity contribution < 1.29 is 18.7 Å². The van der Waals surface area contributed by atoms with Crippen LogP contribution in [-0.4, -0.2) is 29.9 Å². The predicted octanol–water partition coefficient (Wildman–Crippen LogP) is 2.39. The average molecular weight is 401 g/mol. The van der Waals surface area contributed by atoms with E-state index in [2.05, 4.69) is 15.6 Å². The van der Waals surface area contributed by atoms with Crippen molar-refractivity contribution in [3.63, 3.8) is 0 Å². The number of nitrogens with zero attached hydrogens (tertiary/aromatic N) is 1. The standard InChI is InChI=1S/C19H19N3O5S/c1-11-12(2)18(25)27-15-9-13(3-4-14(11)15)26-10-17(24)20-6-5-16(23)22-19-21-7-8-28-19/h3-4,7-9H,5-6,10H2,1-2H3,(H,20,24)(H,21,22,23). The third-order valence-corrected chi connectivity index (χ3v) is 4.84. The predicted molar refractivity (Wildman–Crippen MR) is 106 cm³/mol. The lowest BCUT2D eigenvalue weighted by Gasteiger charge is -2.09. The molecule has 8 nitrogen and oxygen atoms in total. The molecule has 2 amide bonds. The van der Waals surface area contributed by atoms with Gasteiger partial charge in [0.05, 0.1) is 0 Å². The summed E-state index contributed by atoms with van der Waals surface area (Å²) < 4.78 is 10.7. The fourth-order valence-electron chi connectivity index (χ4n) is 2.50. The number of amides is 2. The van der Waals surface area contributed by atoms with Crippen LogP contribution in [0.25, 0.3) is 11.0 Å². The Labute approximate surface area is 164 Å². The molecule has 3 aromatic rings. The molecule has 2 aromatic heterocycles. The third kappa shape index (κ3) is 4.74. The maximum Gasteiger partial charge on any atom is 0.339 e. The summed E-state index contributed by atoms with van der Waals surface area (Å²) >= 11 is 1.32. The van der Waals surface area contributed by atoms with Crippen molar-refractivity contribution in [2.45, 2.75) is 20.3 Å². The molecular weight excluding hydrogens is 382 g/mol. The number of carbonyl (C=O) groups excluding carboxylic acids is 2. The number of benzene rings is 1. The summed E-state index contributed by atoms with van der Waals surface area (Å²) in [6.07, 6.45) is 1.73. The zero-order valence-electron chi connectivity index (χ0n) is 15.4. The third-order valence-electron chi connectivity index (χ3n) is 4.15. The lowest BCUT2D eigenvalue weighted by atomic mass is 10.1. The normalized spacial score (nSPS) is 10.6. The van der Waals surface area contributed by atoms with Crippen LogP contribution in [0.5, 0.6) is 5.75 Å². The molecule has 28 heavy (non-hydrogen) atoms. The maximum absolute atomic E-state index is 11.9. The van der Waals surface area contributed by atoms with Gasteiger partial charge in [0.15, 0.2) is 11.7 Å². The molecule has 9 heteroatoms. The molecule has 0 atom stereocenters. The summed E-state index contributed by atoms with van der Waals surface area (Å²) in [5.41, 5.74) is 1.44. The van der Waals surface area contributed by atoms with Gasteiger partial charge < -0.3 is 19.8 Å². The number of anilines is 1. The molecule has 0 spiro atoms. The summed E-state index contributed by atoms with van der Waals surface area (Å²) in [7, 11) is 0. The topological polar surface area (TPSA) is 111 Å². The first-order valence-electron chi connectivity index (χ1n) is 8.57. The average Bonchev–Trinajstić information content (AvgIpc) is 3.17. The monoisotopic (exact) mass is 401 g/mol. The Bertz CT molecular complexity index is 1060. The first-order valence-corrected chi connectivity index (χ1v) is 9.45. The Balaban J connectivity index is 1.48. The highest BCUT2D eigenvalue weighted by Crippen LogP contribution is 2.23. The fourth-order valence-corrected chi connectivity index (χ4v) is 3.05. The van der Waals surface area contributed by atoms with Gasteiger partial charge in [0.1, 0.15) is 11.3 Å². The molecule has 146 valence electrons. The number of carbonyl (C=O) groups is 2. The molecule has 1 aromatic carbocycles. The van der Waals surface area contributed by atoms with Gasteiger partial charge >= 0.3 is 5.63 Å². The number of hydrogen-bond acceptors (Lipinski definition) is 7. The van der Waals surface area contributed by atoms with Crippen LogP contribution < -0.4 is 21.0 Å². The molecular formula is C19H19N3O5S. The molecule has 2 heterocycles. The molecule has 0 aliphatic rings. The van der Waals surface area contributed by atoms with Crippen LogP contribution >= 0.6 is 11.3 Å². The quantitative estimate of drug-likeness (QED) is 0.588. The van der Waals surface area contributed by atoms with Gasteiger partial charge in [-0.3, -0.25) is 9.59 Å². The van der Waals surface area contributed by atoms with E-state index in [1.54, 1.807) is 36.7 Å². The fraction of sp³-hybridized carbons (Fsp3) is 0.263. The molecule has 0 fully saturated rings. The summed E-state index contributed by atoms with van der Waals surface area (Å²) in [5.74, 6) is -0.175. The summed E-state index contributed by atoms with van der Waals surface area (Å²) in [6, 6.07) is 5.08. The summed E-state index contributed by atoms with van der Waals surface area (Å²) in [5, 5.41) is 8.34. The van der Waals surface area contributed by atoms with Gasteiger partial charge in [-0.15, -0.1) is 11.3 Å². The minimum absolute atomic E-state index is 0.130. The molecule has 0 radical (unpaired) electrons. The number of rotatable bonds is 7. The van der Waals surface area contributed by atoms with Gasteiger partial charge in [-0.1, -0.05) is 0 Å². The van der Waals surface area contributed by atoms with E-state index in [1.165, 1.54) is 11.3 Å². The number of nitrogens with one attached hydrogen (secondary N) is 2. The molecule has 0 unspecified atom stereocenters. The van der Waals surface area contributed by atoms with Gasteiger partial charge in [-0.2, -0.15) is 0 Å². The Morgan fingerprint density at radius 2 is 2.04 bits per heavy atom. The van der Waals surface area contributed by atoms with Crippen molar-refractivity contribution in [3.8, 4) is 5.75 Å². The SMILES string of the molecule is Cc1c(C)c2ccc(OCC(=O)NCCC(=O)Nc3nccs3)cc2oc1=O. The van der Waals surface area contributed by atoms with Crippen LogP contribution in [-0.2, 0) is 9.59 Å². The Morgan fingerprint density at radius 1 is 1.21 bits per heavy atom. The second kappa shape index (κ2) is 8.66. The van der Waals surface area contributed by atoms with E-state index in [0.29, 0.717) is 22.0 Å². The number of thiazole rings is 1. The van der Waals surface area contributed by atoms with Crippen LogP contribution in [0.3, 0.4) is 0 Å². The van der Waals surface area contributed by atoms with Crippen molar-refractivity contribution in [1.82, 2.24) is 10.3 Å². The highest BCUT2D eigenvalue weighted by atomic mass is 32.1. The van der Waals surface area contributed by atoms with Crippen LogP contribution in [0, 0.1) is 13.8 Å². The van der Waals surface area contributed by atoms with Gasteiger partial charge in [-0.25, -0.2) is 9.78 Å². The van der Waals surface area contributed by atoms with Crippen molar-refractivity contribution in [2.75, 3.05) is 18.5 Å². The number of aromatic nitrogens is 1. The number of hydrogen-bond donors (Lipinski definition) is 2. The van der Waals surface area contributed by atoms with Crippen LogP contribution in [0.1, 0.15) is 17.5 Å². The van der Waals surface area contributed by atoms with E-state index < -0.39 is 5.63 Å². The highest BCUT2D eigenvalue weighted by Gasteiger charge is 2.10. The number of ether oxygens (including phenoxy) is 1. The van der Waals surface area contributed by atoms with E-state index >= 15 is 0 Å². The van der Waals surface area contributed by atoms with Gasteiger partial charge in [0.25, 0.3) is 5.91 Å². The van der Waals surface area contributed by atoms with Crippen molar-refractivity contribution in [3.05, 3.63) is 51.3 Å². The Kier molecular flexibility index (Phi) is 6.05. The van der Waals surface area contributed by atoms with E-state index in [0.717, 1.165) is 10.9 Å². The summed E-state index contributed by atoms with van der Waals surface area (Å²) in [4.78, 5) is 39.3. The van der Waals surface area contributed by atoms with E-state index in [9.17, 15) is 14.4 Å². The van der Waals surface area contributed by atoms with Crippen molar-refractivity contribution >= 4 is 39.3 Å². The number of fused-ring (bicyclic) bond motifs is 1. The number of aryl methyl sites for hydroxylation is 1. The van der Waals surface area contributed by atoms with Gasteiger partial charge in [0.2, 0.25) is 5.91 Å². The second-order valence-electron chi connectivity index (χ2n) is 6.07. The van der Waals surface area contributed by atoms with Crippen molar-refractivity contribution in [1.29, 1.82) is 0 Å². The zero-order chi connectivity index (χ0) is 20.1. The molecule has 0 saturated carbocycles. The lowest BCUT2D eigenvalue weighted by molar-refractivity contribution is -0.123. The minimum atomic E-state index is -0.393. The molecule has 0 saturated heterocycles. The Morgan fingerprint density at radius 3 is 2.79 bits per heavy atom. The second-order valence-corrected chi connectivity index (χ2v) is 6.97. The van der Waals surface area contributed by atoms with Gasteiger partial charge in [-0.05, 0) is 31.5 Å². The molecule has 3 rings (SSSR count). The van der Waals surface area contributed by atoms with E-state index in [4.69, 9.17) is 9.15 Å². The lowest BCUT2D eigenvalue weighted by Crippen LogP contribution is -2.31. The first kappa shape index (κ1) is 19.6.